The van der Waals surface area contributed by atoms with Crippen LogP contribution < -0.4 is 5.32 Å². The van der Waals surface area contributed by atoms with Crippen LogP contribution in [0, 0.1) is 5.92 Å². The molecule has 0 bridgehead atoms. The summed E-state index contributed by atoms with van der Waals surface area (Å²) in [6.07, 6.45) is 3.49. The zero-order chi connectivity index (χ0) is 15.2. The summed E-state index contributed by atoms with van der Waals surface area (Å²) in [4.78, 5) is 22.3. The smallest absolute Gasteiger partial charge is 0.303 e. The summed E-state index contributed by atoms with van der Waals surface area (Å²) in [6, 6.07) is 8.14. The number of aliphatic carboxylic acids is 1. The Hall–Kier alpha value is -1.36. The molecule has 1 aliphatic rings. The minimum atomic E-state index is -0.755. The predicted octanol–water partition coefficient (Wildman–Crippen LogP) is 3.31. The molecule has 1 aromatic rings. The molecular weight excluding hydrogens is 334 g/mol. The van der Waals surface area contributed by atoms with E-state index in [4.69, 9.17) is 5.11 Å². The fourth-order valence-corrected chi connectivity index (χ4v) is 2.75. The van der Waals surface area contributed by atoms with Crippen LogP contribution in [-0.4, -0.2) is 23.5 Å². The van der Waals surface area contributed by atoms with Crippen molar-refractivity contribution in [2.75, 3.05) is 6.54 Å². The molecule has 0 saturated heterocycles. The minimum absolute atomic E-state index is 0.102. The molecule has 1 amide bonds. The van der Waals surface area contributed by atoms with Gasteiger partial charge in [-0.25, -0.2) is 0 Å². The van der Waals surface area contributed by atoms with Gasteiger partial charge in [0.05, 0.1) is 0 Å². The van der Waals surface area contributed by atoms with Gasteiger partial charge >= 0.3 is 5.97 Å². The van der Waals surface area contributed by atoms with Crippen LogP contribution in [0.15, 0.2) is 28.7 Å². The second-order valence-corrected chi connectivity index (χ2v) is 6.41. The lowest BCUT2D eigenvalue weighted by atomic mass is 10.1. The lowest BCUT2D eigenvalue weighted by Crippen LogP contribution is -2.26. The van der Waals surface area contributed by atoms with Gasteiger partial charge in [0.2, 0.25) is 5.91 Å². The first kappa shape index (κ1) is 16.0. The van der Waals surface area contributed by atoms with E-state index in [0.717, 1.165) is 23.7 Å². The molecule has 1 fully saturated rings. The first-order valence-electron chi connectivity index (χ1n) is 7.33. The molecule has 0 radical (unpaired) electrons. The summed E-state index contributed by atoms with van der Waals surface area (Å²) < 4.78 is 1.05. The Balaban J connectivity index is 1.62. The number of amides is 1. The third-order valence-corrected chi connectivity index (χ3v) is 4.32. The maximum absolute atomic E-state index is 12.0. The van der Waals surface area contributed by atoms with Gasteiger partial charge in [-0.15, -0.1) is 0 Å². The number of benzene rings is 1. The molecule has 4 nitrogen and oxygen atoms in total. The molecule has 2 rings (SSSR count). The number of nitrogens with one attached hydrogen (secondary N) is 1. The number of hydrogen-bond acceptors (Lipinski definition) is 2. The molecule has 1 saturated carbocycles. The van der Waals surface area contributed by atoms with Crippen molar-refractivity contribution in [2.24, 2.45) is 5.92 Å². The molecule has 0 aromatic heterocycles. The number of hydrogen-bond donors (Lipinski definition) is 2. The van der Waals surface area contributed by atoms with Crippen molar-refractivity contribution >= 4 is 27.8 Å². The molecule has 2 N–H and O–H groups in total. The van der Waals surface area contributed by atoms with Crippen molar-refractivity contribution in [1.29, 1.82) is 0 Å². The number of carboxylic acid groups (broad SMARTS) is 1. The Morgan fingerprint density at radius 1 is 1.19 bits per heavy atom. The number of carbonyl (C=O) groups is 2. The quantitative estimate of drug-likeness (QED) is 0.704. The third kappa shape index (κ3) is 5.16. The molecule has 1 aliphatic carbocycles. The van der Waals surface area contributed by atoms with Crippen LogP contribution in [-0.2, 0) is 9.59 Å². The van der Waals surface area contributed by atoms with E-state index in [2.05, 4.69) is 33.4 Å². The summed E-state index contributed by atoms with van der Waals surface area (Å²) in [5, 5.41) is 11.5. The molecular formula is C16H20BrNO3. The zero-order valence-electron chi connectivity index (χ0n) is 11.8. The van der Waals surface area contributed by atoms with Crippen molar-refractivity contribution < 1.29 is 14.7 Å². The second kappa shape index (κ2) is 7.59. The van der Waals surface area contributed by atoms with Crippen LogP contribution in [0.5, 0.6) is 0 Å². The van der Waals surface area contributed by atoms with Gasteiger partial charge in [-0.2, -0.15) is 0 Å². The van der Waals surface area contributed by atoms with E-state index in [9.17, 15) is 9.59 Å². The minimum Gasteiger partial charge on any atom is -0.481 e. The van der Waals surface area contributed by atoms with E-state index in [-0.39, 0.29) is 18.2 Å². The molecule has 5 heteroatoms. The number of rotatable bonds is 8. The fraction of sp³-hybridized carbons (Fsp3) is 0.500. The monoisotopic (exact) mass is 353 g/mol. The maximum Gasteiger partial charge on any atom is 0.303 e. The second-order valence-electron chi connectivity index (χ2n) is 5.50. The lowest BCUT2D eigenvalue weighted by molar-refractivity contribution is -0.137. The molecule has 0 heterocycles. The van der Waals surface area contributed by atoms with Crippen molar-refractivity contribution in [1.82, 2.24) is 5.32 Å². The highest BCUT2D eigenvalue weighted by atomic mass is 79.9. The zero-order valence-corrected chi connectivity index (χ0v) is 13.4. The summed E-state index contributed by atoms with van der Waals surface area (Å²) in [6.45, 7) is 0.641. The van der Waals surface area contributed by atoms with Crippen LogP contribution in [0.3, 0.4) is 0 Å². The van der Waals surface area contributed by atoms with E-state index < -0.39 is 5.97 Å². The van der Waals surface area contributed by atoms with Gasteiger partial charge in [-0.1, -0.05) is 34.5 Å². The number of carbonyl (C=O) groups excluding carboxylic acids is 1. The number of halogens is 1. The Morgan fingerprint density at radius 2 is 1.90 bits per heavy atom. The fourth-order valence-electron chi connectivity index (χ4n) is 2.48. The van der Waals surface area contributed by atoms with Gasteiger partial charge in [-0.3, -0.25) is 9.59 Å². The van der Waals surface area contributed by atoms with Crippen LogP contribution in [0.1, 0.15) is 43.6 Å². The van der Waals surface area contributed by atoms with Crippen molar-refractivity contribution in [2.45, 2.75) is 38.0 Å². The normalized spacial score (nSPS) is 20.0. The van der Waals surface area contributed by atoms with Crippen molar-refractivity contribution in [3.8, 4) is 0 Å². The molecule has 0 aliphatic heterocycles. The highest BCUT2D eigenvalue weighted by Gasteiger charge is 2.43. The topological polar surface area (TPSA) is 66.4 Å². The van der Waals surface area contributed by atoms with E-state index >= 15 is 0 Å². The van der Waals surface area contributed by atoms with Gasteiger partial charge in [0.15, 0.2) is 0 Å². The Kier molecular flexibility index (Phi) is 5.79. The summed E-state index contributed by atoms with van der Waals surface area (Å²) in [5.41, 5.74) is 1.22. The molecule has 0 spiro atoms. The summed E-state index contributed by atoms with van der Waals surface area (Å²) in [7, 11) is 0. The van der Waals surface area contributed by atoms with Gasteiger partial charge in [0.25, 0.3) is 0 Å². The van der Waals surface area contributed by atoms with Crippen molar-refractivity contribution in [3.05, 3.63) is 34.3 Å². The van der Waals surface area contributed by atoms with Crippen LogP contribution in [0.4, 0.5) is 0 Å². The largest absolute Gasteiger partial charge is 0.481 e. The first-order valence-corrected chi connectivity index (χ1v) is 8.12. The van der Waals surface area contributed by atoms with E-state index in [1.165, 1.54) is 5.56 Å². The predicted molar refractivity (Wildman–Crippen MR) is 84.1 cm³/mol. The number of carboxylic acids is 1. The van der Waals surface area contributed by atoms with Crippen LogP contribution >= 0.6 is 15.9 Å². The molecule has 2 unspecified atom stereocenters. The Morgan fingerprint density at radius 3 is 2.57 bits per heavy atom. The molecule has 114 valence electrons. The Labute approximate surface area is 133 Å². The highest BCUT2D eigenvalue weighted by Crippen LogP contribution is 2.47. The standard InChI is InChI=1S/C16H20BrNO3/c17-12-7-5-11(6-8-12)13-10-14(13)16(21)18-9-3-1-2-4-15(19)20/h5-8,13-14H,1-4,9-10H2,(H,18,21)(H,19,20). The van der Waals surface area contributed by atoms with E-state index in [1.807, 2.05) is 12.1 Å². The average Bonchev–Trinajstić information content (AvgIpc) is 3.23. The summed E-state index contributed by atoms with van der Waals surface area (Å²) >= 11 is 3.41. The van der Waals surface area contributed by atoms with E-state index in [0.29, 0.717) is 18.9 Å². The van der Waals surface area contributed by atoms with E-state index in [1.54, 1.807) is 0 Å². The van der Waals surface area contributed by atoms with Gasteiger partial charge < -0.3 is 10.4 Å². The summed E-state index contributed by atoms with van der Waals surface area (Å²) in [5.74, 6) is -0.175. The van der Waals surface area contributed by atoms with Crippen LogP contribution in [0.2, 0.25) is 0 Å². The van der Waals surface area contributed by atoms with Gasteiger partial charge in [-0.05, 0) is 42.9 Å². The van der Waals surface area contributed by atoms with Gasteiger partial charge in [0.1, 0.15) is 0 Å². The molecule has 2 atom stereocenters. The average molecular weight is 354 g/mol. The van der Waals surface area contributed by atoms with Gasteiger partial charge in [0, 0.05) is 23.4 Å². The lowest BCUT2D eigenvalue weighted by Gasteiger charge is -2.05. The van der Waals surface area contributed by atoms with Crippen LogP contribution in [0.25, 0.3) is 0 Å². The Bertz CT molecular complexity index is 501. The third-order valence-electron chi connectivity index (χ3n) is 3.79. The highest BCUT2D eigenvalue weighted by molar-refractivity contribution is 9.10. The molecule has 21 heavy (non-hydrogen) atoms. The molecule has 1 aromatic carbocycles. The number of unbranched alkanes of at least 4 members (excludes halogenated alkanes) is 2. The van der Waals surface area contributed by atoms with Crippen molar-refractivity contribution in [3.63, 3.8) is 0 Å². The first-order chi connectivity index (χ1) is 10.1. The SMILES string of the molecule is O=C(O)CCCCCNC(=O)C1CC1c1ccc(Br)cc1. The maximum atomic E-state index is 12.0.